The van der Waals surface area contributed by atoms with E-state index in [4.69, 9.17) is 10.2 Å². The third kappa shape index (κ3) is 2.30. The minimum atomic E-state index is -1.09. The van der Waals surface area contributed by atoms with Crippen LogP contribution < -0.4 is 0 Å². The molecule has 5 nitrogen and oxygen atoms in total. The Morgan fingerprint density at radius 2 is 2.17 bits per heavy atom. The Bertz CT molecular complexity index is 212. The van der Waals surface area contributed by atoms with E-state index in [0.717, 1.165) is 5.69 Å². The van der Waals surface area contributed by atoms with E-state index in [-0.39, 0.29) is 6.42 Å². The summed E-state index contributed by atoms with van der Waals surface area (Å²) < 4.78 is 0. The molecule has 0 fully saturated rings. The fourth-order valence-corrected chi connectivity index (χ4v) is 0.879. The number of aliphatic hydroxyl groups is 3. The quantitative estimate of drug-likeness (QED) is 0.453. The number of nitrogens with one attached hydrogen (secondary N) is 1. The van der Waals surface area contributed by atoms with Crippen LogP contribution in [-0.2, 0) is 6.42 Å². The minimum absolute atomic E-state index is 0.266. The molecule has 5 heteroatoms. The molecule has 4 N–H and O–H groups in total. The van der Waals surface area contributed by atoms with Crippen LogP contribution in [0.3, 0.4) is 0 Å². The van der Waals surface area contributed by atoms with Gasteiger partial charge in [-0.2, -0.15) is 0 Å². The van der Waals surface area contributed by atoms with E-state index in [0.29, 0.717) is 0 Å². The lowest BCUT2D eigenvalue weighted by Crippen LogP contribution is -2.31. The number of hydrogen-bond acceptors (Lipinski definition) is 4. The molecular weight excluding hydrogens is 160 g/mol. The lowest BCUT2D eigenvalue weighted by molar-refractivity contribution is -0.0136. The van der Waals surface area contributed by atoms with Crippen LogP contribution in [0, 0.1) is 0 Å². The molecule has 0 radical (unpaired) electrons. The summed E-state index contributed by atoms with van der Waals surface area (Å²) in [6.07, 6.45) is 1.28. The molecule has 0 aromatic carbocycles. The van der Waals surface area contributed by atoms with Crippen molar-refractivity contribution in [2.75, 3.05) is 6.61 Å². The average molecular weight is 172 g/mol. The van der Waals surface area contributed by atoms with Gasteiger partial charge in [0.25, 0.3) is 0 Å². The van der Waals surface area contributed by atoms with E-state index >= 15 is 0 Å². The Balaban J connectivity index is 2.41. The predicted octanol–water partition coefficient (Wildman–Crippen LogP) is -1.33. The highest BCUT2D eigenvalue weighted by atomic mass is 16.4. The van der Waals surface area contributed by atoms with Gasteiger partial charge in [-0.05, 0) is 0 Å². The summed E-state index contributed by atoms with van der Waals surface area (Å²) in [5.74, 6) is 0. The van der Waals surface area contributed by atoms with Crippen molar-refractivity contribution in [1.82, 2.24) is 9.97 Å². The highest BCUT2D eigenvalue weighted by Crippen LogP contribution is 2.01. The van der Waals surface area contributed by atoms with Crippen molar-refractivity contribution in [3.8, 4) is 0 Å². The fourth-order valence-electron chi connectivity index (χ4n) is 0.879. The third-order valence-corrected chi connectivity index (χ3v) is 1.62. The Hall–Kier alpha value is -0.910. The lowest BCUT2D eigenvalue weighted by Gasteiger charge is -2.13. The molecule has 2 atom stereocenters. The Labute approximate surface area is 69.7 Å². The molecule has 1 heterocycles. The van der Waals surface area contributed by atoms with E-state index in [9.17, 15) is 5.11 Å². The van der Waals surface area contributed by atoms with Crippen molar-refractivity contribution in [3.63, 3.8) is 0 Å². The van der Waals surface area contributed by atoms with Crippen LogP contribution in [0.2, 0.25) is 0 Å². The second-order valence-corrected chi connectivity index (χ2v) is 2.60. The lowest BCUT2D eigenvalue weighted by atomic mass is 10.1. The van der Waals surface area contributed by atoms with Gasteiger partial charge in [-0.1, -0.05) is 0 Å². The first-order valence-electron chi connectivity index (χ1n) is 3.68. The van der Waals surface area contributed by atoms with Crippen LogP contribution in [0.4, 0.5) is 0 Å². The van der Waals surface area contributed by atoms with E-state index in [2.05, 4.69) is 9.97 Å². The highest BCUT2D eigenvalue weighted by molar-refractivity contribution is 4.96. The molecule has 0 unspecified atom stereocenters. The smallest absolute Gasteiger partial charge is 0.103 e. The molecule has 1 aromatic heterocycles. The van der Waals surface area contributed by atoms with E-state index in [1.165, 1.54) is 6.33 Å². The standard InChI is InChI=1S/C7H12N2O3/c10-3-7(12)6(11)1-5-2-8-4-9-5/h2,4,6-7,10-12H,1,3H2,(H,8,9)/t6-,7+/m0/s1. The third-order valence-electron chi connectivity index (χ3n) is 1.62. The molecule has 0 aliphatic heterocycles. The van der Waals surface area contributed by atoms with Crippen LogP contribution in [0.1, 0.15) is 5.69 Å². The second-order valence-electron chi connectivity index (χ2n) is 2.60. The molecule has 68 valence electrons. The van der Waals surface area contributed by atoms with Crippen LogP contribution in [0.25, 0.3) is 0 Å². The summed E-state index contributed by atoms with van der Waals surface area (Å²) in [4.78, 5) is 6.53. The van der Waals surface area contributed by atoms with Crippen molar-refractivity contribution in [2.45, 2.75) is 18.6 Å². The van der Waals surface area contributed by atoms with Gasteiger partial charge >= 0.3 is 0 Å². The van der Waals surface area contributed by atoms with Crippen molar-refractivity contribution in [1.29, 1.82) is 0 Å². The number of aliphatic hydroxyl groups excluding tert-OH is 3. The van der Waals surface area contributed by atoms with Crippen molar-refractivity contribution in [2.24, 2.45) is 0 Å². The largest absolute Gasteiger partial charge is 0.394 e. The van der Waals surface area contributed by atoms with Crippen molar-refractivity contribution < 1.29 is 15.3 Å². The summed E-state index contributed by atoms with van der Waals surface area (Å²) in [6.45, 7) is -0.435. The van der Waals surface area contributed by atoms with Gasteiger partial charge in [0.2, 0.25) is 0 Å². The summed E-state index contributed by atoms with van der Waals surface area (Å²) in [5.41, 5.74) is 0.731. The number of nitrogens with zero attached hydrogens (tertiary/aromatic N) is 1. The maximum absolute atomic E-state index is 9.23. The molecule has 1 aromatic rings. The van der Waals surface area contributed by atoms with Gasteiger partial charge in [-0.25, -0.2) is 4.98 Å². The molecule has 0 saturated carbocycles. The first-order chi connectivity index (χ1) is 5.74. The number of aromatic nitrogens is 2. The number of imidazole rings is 1. The molecule has 0 saturated heterocycles. The minimum Gasteiger partial charge on any atom is -0.394 e. The molecule has 12 heavy (non-hydrogen) atoms. The molecule has 0 amide bonds. The van der Waals surface area contributed by atoms with Crippen LogP contribution in [0.5, 0.6) is 0 Å². The van der Waals surface area contributed by atoms with Gasteiger partial charge in [-0.3, -0.25) is 0 Å². The molecule has 0 spiro atoms. The summed E-state index contributed by atoms with van der Waals surface area (Å²) >= 11 is 0. The zero-order valence-corrected chi connectivity index (χ0v) is 6.51. The molecule has 0 bridgehead atoms. The number of H-pyrrole nitrogens is 1. The van der Waals surface area contributed by atoms with Gasteiger partial charge in [0.05, 0.1) is 19.0 Å². The molecular formula is C7H12N2O3. The van der Waals surface area contributed by atoms with Crippen molar-refractivity contribution >= 4 is 0 Å². The molecule has 0 aliphatic carbocycles. The van der Waals surface area contributed by atoms with Crippen LogP contribution in [-0.4, -0.2) is 44.1 Å². The van der Waals surface area contributed by atoms with Gasteiger partial charge in [0, 0.05) is 18.3 Å². The average Bonchev–Trinajstić information content (AvgIpc) is 2.55. The number of aromatic amines is 1. The first kappa shape index (κ1) is 9.18. The van der Waals surface area contributed by atoms with E-state index in [1.54, 1.807) is 6.20 Å². The maximum atomic E-state index is 9.23. The number of hydrogen-bond donors (Lipinski definition) is 4. The summed E-state index contributed by atoms with van der Waals surface area (Å²) in [7, 11) is 0. The number of rotatable bonds is 4. The SMILES string of the molecule is OC[C@@H](O)[C@@H](O)Cc1cnc[nH]1. The topological polar surface area (TPSA) is 89.4 Å². The Morgan fingerprint density at radius 3 is 2.67 bits per heavy atom. The Kier molecular flexibility index (Phi) is 3.21. The van der Waals surface area contributed by atoms with Crippen LogP contribution >= 0.6 is 0 Å². The van der Waals surface area contributed by atoms with Gasteiger partial charge in [-0.15, -0.1) is 0 Å². The normalized spacial score (nSPS) is 15.9. The summed E-state index contributed by atoms with van der Waals surface area (Å²) in [6, 6.07) is 0. The maximum Gasteiger partial charge on any atom is 0.103 e. The zero-order valence-electron chi connectivity index (χ0n) is 6.51. The van der Waals surface area contributed by atoms with Gasteiger partial charge in [0.15, 0.2) is 0 Å². The van der Waals surface area contributed by atoms with Crippen molar-refractivity contribution in [3.05, 3.63) is 18.2 Å². The van der Waals surface area contributed by atoms with E-state index in [1.807, 2.05) is 0 Å². The molecule has 0 aliphatic rings. The van der Waals surface area contributed by atoms with Crippen LogP contribution in [0.15, 0.2) is 12.5 Å². The zero-order chi connectivity index (χ0) is 8.97. The predicted molar refractivity (Wildman–Crippen MR) is 41.4 cm³/mol. The fraction of sp³-hybridized carbons (Fsp3) is 0.571. The second kappa shape index (κ2) is 4.20. The first-order valence-corrected chi connectivity index (χ1v) is 3.68. The van der Waals surface area contributed by atoms with Gasteiger partial charge in [0.1, 0.15) is 6.10 Å². The monoisotopic (exact) mass is 172 g/mol. The van der Waals surface area contributed by atoms with Gasteiger partial charge < -0.3 is 20.3 Å². The Morgan fingerprint density at radius 1 is 1.42 bits per heavy atom. The summed E-state index contributed by atoms with van der Waals surface area (Å²) in [5, 5.41) is 26.7. The van der Waals surface area contributed by atoms with E-state index < -0.39 is 18.8 Å². The highest BCUT2D eigenvalue weighted by Gasteiger charge is 2.15. The molecule has 1 rings (SSSR count).